The van der Waals surface area contributed by atoms with Crippen LogP contribution in [0.4, 0.5) is 0 Å². The van der Waals surface area contributed by atoms with Crippen molar-refractivity contribution in [1.29, 1.82) is 0 Å². The maximum atomic E-state index is 13.8. The van der Waals surface area contributed by atoms with Gasteiger partial charge in [0.1, 0.15) is 17.0 Å². The fourth-order valence-electron chi connectivity index (χ4n) is 5.63. The maximum Gasteiger partial charge on any atom is 0.259 e. The second kappa shape index (κ2) is 12.3. The Hall–Kier alpha value is -4.19. The van der Waals surface area contributed by atoms with Gasteiger partial charge in [-0.2, -0.15) is 0 Å². The van der Waals surface area contributed by atoms with Gasteiger partial charge in [-0.1, -0.05) is 97.0 Å². The molecule has 0 radical (unpaired) electrons. The van der Waals surface area contributed by atoms with Crippen LogP contribution in [-0.2, 0) is 24.1 Å². The Morgan fingerprint density at radius 3 is 2.15 bits per heavy atom. The average molecular weight is 536 g/mol. The third kappa shape index (κ3) is 6.01. The highest BCUT2D eigenvalue weighted by Gasteiger charge is 2.43. The van der Waals surface area contributed by atoms with Crippen LogP contribution in [0, 0.1) is 12.3 Å². The summed E-state index contributed by atoms with van der Waals surface area (Å²) in [6.45, 7) is 5.51. The van der Waals surface area contributed by atoms with E-state index in [0.717, 1.165) is 24.0 Å². The molecule has 0 atom stereocenters. The Balaban J connectivity index is 1.29. The number of rotatable bonds is 9. The lowest BCUT2D eigenvalue weighted by molar-refractivity contribution is -0.133. The Kier molecular flexibility index (Phi) is 8.44. The van der Waals surface area contributed by atoms with Crippen LogP contribution in [0.15, 0.2) is 89.5 Å². The molecule has 3 aromatic carbocycles. The number of amides is 2. The highest BCUT2D eigenvalue weighted by atomic mass is 16.5. The molecule has 0 saturated carbocycles. The molecule has 40 heavy (non-hydrogen) atoms. The standard InChI is InChI=1S/C34H37N3O3/c1-3-26-14-16-27(17-15-26)18-21-35-33(39)34(24-28-10-6-4-7-11-28)19-22-37(23-20-34)32(38)30-25(2)40-36-31(30)29-12-8-5-9-13-29/h4-17H,3,18-24H2,1-2H3,(H,35,39). The second-order valence-electron chi connectivity index (χ2n) is 10.7. The van der Waals surface area contributed by atoms with E-state index in [-0.39, 0.29) is 11.8 Å². The van der Waals surface area contributed by atoms with Crippen molar-refractivity contribution in [3.63, 3.8) is 0 Å². The number of likely N-dealkylation sites (tertiary alicyclic amines) is 1. The van der Waals surface area contributed by atoms with Gasteiger partial charge in [-0.3, -0.25) is 9.59 Å². The molecule has 6 nitrogen and oxygen atoms in total. The third-order valence-corrected chi connectivity index (χ3v) is 8.13. The van der Waals surface area contributed by atoms with Crippen molar-refractivity contribution in [1.82, 2.24) is 15.4 Å². The zero-order chi connectivity index (χ0) is 28.0. The third-order valence-electron chi connectivity index (χ3n) is 8.13. The zero-order valence-corrected chi connectivity index (χ0v) is 23.4. The second-order valence-corrected chi connectivity index (χ2v) is 10.7. The van der Waals surface area contributed by atoms with Crippen LogP contribution in [0.5, 0.6) is 0 Å². The first kappa shape index (κ1) is 27.4. The molecule has 1 saturated heterocycles. The molecular formula is C34H37N3O3. The monoisotopic (exact) mass is 535 g/mol. The van der Waals surface area contributed by atoms with Crippen LogP contribution in [0.3, 0.4) is 0 Å². The first-order valence-electron chi connectivity index (χ1n) is 14.2. The van der Waals surface area contributed by atoms with Gasteiger partial charge in [0.05, 0.1) is 5.41 Å². The molecule has 0 bridgehead atoms. The SMILES string of the molecule is CCc1ccc(CCNC(=O)C2(Cc3ccccc3)CCN(C(=O)c3c(-c4ccccc4)noc3C)CC2)cc1. The molecule has 206 valence electrons. The number of piperidine rings is 1. The van der Waals surface area contributed by atoms with Crippen LogP contribution >= 0.6 is 0 Å². The van der Waals surface area contributed by atoms with Crippen molar-refractivity contribution in [3.05, 3.63) is 113 Å². The molecule has 0 spiro atoms. The number of hydrogen-bond donors (Lipinski definition) is 1. The van der Waals surface area contributed by atoms with E-state index in [1.165, 1.54) is 11.1 Å². The van der Waals surface area contributed by atoms with E-state index in [1.807, 2.05) is 53.4 Å². The van der Waals surface area contributed by atoms with Crippen LogP contribution in [0.1, 0.15) is 52.6 Å². The van der Waals surface area contributed by atoms with Crippen molar-refractivity contribution >= 4 is 11.8 Å². The first-order chi connectivity index (χ1) is 19.5. The van der Waals surface area contributed by atoms with Crippen molar-refractivity contribution in [2.24, 2.45) is 5.41 Å². The van der Waals surface area contributed by atoms with Crippen LogP contribution in [-0.4, -0.2) is 41.5 Å². The number of benzene rings is 3. The number of nitrogens with zero attached hydrogens (tertiary/aromatic N) is 2. The molecule has 4 aromatic rings. The molecule has 5 rings (SSSR count). The Morgan fingerprint density at radius 2 is 1.50 bits per heavy atom. The molecule has 1 N–H and O–H groups in total. The summed E-state index contributed by atoms with van der Waals surface area (Å²) < 4.78 is 5.45. The van der Waals surface area contributed by atoms with Gasteiger partial charge in [-0.15, -0.1) is 0 Å². The molecule has 2 heterocycles. The van der Waals surface area contributed by atoms with E-state index in [2.05, 4.69) is 53.8 Å². The maximum absolute atomic E-state index is 13.8. The summed E-state index contributed by atoms with van der Waals surface area (Å²) in [6.07, 6.45) is 3.64. The topological polar surface area (TPSA) is 75.4 Å². The normalized spacial score (nSPS) is 14.6. The smallest absolute Gasteiger partial charge is 0.259 e. The molecule has 0 aliphatic carbocycles. The molecular weight excluding hydrogens is 498 g/mol. The number of nitrogens with one attached hydrogen (secondary N) is 1. The van der Waals surface area contributed by atoms with Crippen molar-refractivity contribution in [3.8, 4) is 11.3 Å². The van der Waals surface area contributed by atoms with Gasteiger partial charge in [0.2, 0.25) is 5.91 Å². The van der Waals surface area contributed by atoms with E-state index in [1.54, 1.807) is 6.92 Å². The zero-order valence-electron chi connectivity index (χ0n) is 23.4. The van der Waals surface area contributed by atoms with Crippen molar-refractivity contribution in [2.45, 2.75) is 46.0 Å². The number of aryl methyl sites for hydroxylation is 2. The summed E-state index contributed by atoms with van der Waals surface area (Å²) >= 11 is 0. The fraction of sp³-hybridized carbons (Fsp3) is 0.324. The van der Waals surface area contributed by atoms with Gasteiger partial charge in [0.25, 0.3) is 5.91 Å². The van der Waals surface area contributed by atoms with Gasteiger partial charge in [0.15, 0.2) is 0 Å². The Morgan fingerprint density at radius 1 is 0.875 bits per heavy atom. The Bertz CT molecular complexity index is 1420. The average Bonchev–Trinajstić information content (AvgIpc) is 3.39. The van der Waals surface area contributed by atoms with Gasteiger partial charge in [-0.05, 0) is 55.7 Å². The van der Waals surface area contributed by atoms with Gasteiger partial charge in [-0.25, -0.2) is 0 Å². The molecule has 1 fully saturated rings. The molecule has 1 aliphatic rings. The summed E-state index contributed by atoms with van der Waals surface area (Å²) in [5.74, 6) is 0.483. The largest absolute Gasteiger partial charge is 0.360 e. The van der Waals surface area contributed by atoms with E-state index in [9.17, 15) is 9.59 Å². The molecule has 1 aliphatic heterocycles. The summed E-state index contributed by atoms with van der Waals surface area (Å²) in [5, 5.41) is 7.43. The van der Waals surface area contributed by atoms with Crippen LogP contribution < -0.4 is 5.32 Å². The minimum absolute atomic E-state index is 0.0692. The molecule has 1 aromatic heterocycles. The highest BCUT2D eigenvalue weighted by Crippen LogP contribution is 2.37. The van der Waals surface area contributed by atoms with E-state index >= 15 is 0 Å². The van der Waals surface area contributed by atoms with E-state index in [0.29, 0.717) is 55.9 Å². The summed E-state index contributed by atoms with van der Waals surface area (Å²) in [4.78, 5) is 29.3. The molecule has 6 heteroatoms. The lowest BCUT2D eigenvalue weighted by Crippen LogP contribution is -2.51. The fourth-order valence-corrected chi connectivity index (χ4v) is 5.63. The number of hydrogen-bond acceptors (Lipinski definition) is 4. The van der Waals surface area contributed by atoms with Crippen LogP contribution in [0.2, 0.25) is 0 Å². The van der Waals surface area contributed by atoms with E-state index < -0.39 is 5.41 Å². The van der Waals surface area contributed by atoms with Crippen molar-refractivity contribution < 1.29 is 14.1 Å². The van der Waals surface area contributed by atoms with Gasteiger partial charge < -0.3 is 14.7 Å². The first-order valence-corrected chi connectivity index (χ1v) is 14.2. The van der Waals surface area contributed by atoms with Gasteiger partial charge in [0, 0.05) is 25.2 Å². The lowest BCUT2D eigenvalue weighted by atomic mass is 9.72. The number of carbonyl (C=O) groups excluding carboxylic acids is 2. The Labute approximate surface area is 236 Å². The minimum Gasteiger partial charge on any atom is -0.360 e. The number of carbonyl (C=O) groups is 2. The summed E-state index contributed by atoms with van der Waals surface area (Å²) in [6, 6.07) is 28.4. The minimum atomic E-state index is -0.573. The van der Waals surface area contributed by atoms with E-state index in [4.69, 9.17) is 4.52 Å². The van der Waals surface area contributed by atoms with Crippen molar-refractivity contribution in [2.75, 3.05) is 19.6 Å². The molecule has 0 unspecified atom stereocenters. The lowest BCUT2D eigenvalue weighted by Gasteiger charge is -2.41. The predicted molar refractivity (Wildman–Crippen MR) is 157 cm³/mol. The van der Waals surface area contributed by atoms with Crippen LogP contribution in [0.25, 0.3) is 11.3 Å². The summed E-state index contributed by atoms with van der Waals surface area (Å²) in [7, 11) is 0. The van der Waals surface area contributed by atoms with Gasteiger partial charge >= 0.3 is 0 Å². The quantitative estimate of drug-likeness (QED) is 0.284. The number of aromatic nitrogens is 1. The molecule has 2 amide bonds. The summed E-state index contributed by atoms with van der Waals surface area (Å²) in [5.41, 5.74) is 5.00. The predicted octanol–water partition coefficient (Wildman–Crippen LogP) is 6.04. The highest BCUT2D eigenvalue weighted by molar-refractivity contribution is 6.01.